The van der Waals surface area contributed by atoms with E-state index in [2.05, 4.69) is 5.32 Å². The molecule has 0 aliphatic carbocycles. The molecular weight excluding hydrogens is 236 g/mol. The van der Waals surface area contributed by atoms with Gasteiger partial charge in [-0.15, -0.1) is 0 Å². The van der Waals surface area contributed by atoms with Crippen LogP contribution in [-0.2, 0) is 4.79 Å². The largest absolute Gasteiger partial charge is 0.392 e. The lowest BCUT2D eigenvalue weighted by Crippen LogP contribution is -2.28. The van der Waals surface area contributed by atoms with Crippen molar-refractivity contribution in [3.8, 4) is 0 Å². The average Bonchev–Trinajstić information content (AvgIpc) is 2.34. The number of rotatable bonds is 5. The summed E-state index contributed by atoms with van der Waals surface area (Å²) < 4.78 is 0. The van der Waals surface area contributed by atoms with E-state index in [0.29, 0.717) is 5.56 Å². The van der Waals surface area contributed by atoms with Gasteiger partial charge in [0, 0.05) is 24.8 Å². The topological polar surface area (TPSA) is 92.5 Å². The molecule has 1 aromatic rings. The molecule has 0 fully saturated rings. The molecule has 0 saturated carbocycles. The van der Waals surface area contributed by atoms with Gasteiger partial charge in [-0.25, -0.2) is 0 Å². The maximum absolute atomic E-state index is 11.3. The summed E-state index contributed by atoms with van der Waals surface area (Å²) in [5.74, 6) is -0.359. The lowest BCUT2D eigenvalue weighted by atomic mass is 10.2. The third kappa shape index (κ3) is 4.75. The average molecular weight is 250 g/mol. The molecule has 6 heteroatoms. The highest BCUT2D eigenvalue weighted by Crippen LogP contribution is 2.13. The molecular formula is C12H14N2O4. The number of hydrogen-bond acceptors (Lipinski definition) is 4. The highest BCUT2D eigenvalue weighted by molar-refractivity contribution is 5.91. The Morgan fingerprint density at radius 3 is 2.94 bits per heavy atom. The van der Waals surface area contributed by atoms with Gasteiger partial charge in [0.2, 0.25) is 5.91 Å². The maximum atomic E-state index is 11.3. The third-order valence-electron chi connectivity index (χ3n) is 2.08. The van der Waals surface area contributed by atoms with Crippen LogP contribution in [0.15, 0.2) is 30.3 Å². The highest BCUT2D eigenvalue weighted by Gasteiger charge is 2.04. The molecule has 0 bridgehead atoms. The second kappa shape index (κ2) is 6.51. The number of nitro groups is 1. The summed E-state index contributed by atoms with van der Waals surface area (Å²) in [5.41, 5.74) is 0.540. The molecule has 18 heavy (non-hydrogen) atoms. The normalized spacial score (nSPS) is 12.3. The summed E-state index contributed by atoms with van der Waals surface area (Å²) >= 11 is 0. The van der Waals surface area contributed by atoms with Crippen molar-refractivity contribution in [2.45, 2.75) is 13.0 Å². The molecule has 0 heterocycles. The van der Waals surface area contributed by atoms with Crippen LogP contribution in [0.5, 0.6) is 0 Å². The van der Waals surface area contributed by atoms with Crippen molar-refractivity contribution < 1.29 is 14.8 Å². The summed E-state index contributed by atoms with van der Waals surface area (Å²) in [6.07, 6.45) is 2.13. The Kier molecular flexibility index (Phi) is 5.01. The van der Waals surface area contributed by atoms with Gasteiger partial charge < -0.3 is 10.4 Å². The fourth-order valence-corrected chi connectivity index (χ4v) is 1.22. The van der Waals surface area contributed by atoms with Crippen LogP contribution >= 0.6 is 0 Å². The van der Waals surface area contributed by atoms with E-state index in [1.807, 2.05) is 0 Å². The van der Waals surface area contributed by atoms with Crippen molar-refractivity contribution in [3.63, 3.8) is 0 Å². The van der Waals surface area contributed by atoms with Crippen molar-refractivity contribution in [1.82, 2.24) is 5.32 Å². The summed E-state index contributed by atoms with van der Waals surface area (Å²) in [6.45, 7) is 1.72. The van der Waals surface area contributed by atoms with Crippen molar-refractivity contribution in [3.05, 3.63) is 46.0 Å². The molecule has 1 atom stereocenters. The van der Waals surface area contributed by atoms with E-state index in [1.165, 1.54) is 24.3 Å². The van der Waals surface area contributed by atoms with Crippen molar-refractivity contribution in [2.24, 2.45) is 0 Å². The number of hydrogen-bond donors (Lipinski definition) is 2. The lowest BCUT2D eigenvalue weighted by Gasteiger charge is -2.03. The molecule has 0 radical (unpaired) electrons. The van der Waals surface area contributed by atoms with Crippen LogP contribution in [-0.4, -0.2) is 28.6 Å². The number of carbonyl (C=O) groups is 1. The van der Waals surface area contributed by atoms with E-state index in [-0.39, 0.29) is 18.1 Å². The van der Waals surface area contributed by atoms with E-state index < -0.39 is 11.0 Å². The van der Waals surface area contributed by atoms with E-state index >= 15 is 0 Å². The monoisotopic (exact) mass is 250 g/mol. The first-order valence-corrected chi connectivity index (χ1v) is 5.37. The second-order valence-corrected chi connectivity index (χ2v) is 3.78. The molecule has 0 saturated heterocycles. The maximum Gasteiger partial charge on any atom is 0.270 e. The second-order valence-electron chi connectivity index (χ2n) is 3.78. The van der Waals surface area contributed by atoms with Crippen molar-refractivity contribution >= 4 is 17.7 Å². The summed E-state index contributed by atoms with van der Waals surface area (Å²) in [5, 5.41) is 22.0. The van der Waals surface area contributed by atoms with Gasteiger partial charge in [0.25, 0.3) is 5.69 Å². The molecule has 1 aromatic carbocycles. The molecule has 0 aliphatic rings. The van der Waals surface area contributed by atoms with Gasteiger partial charge in [-0.05, 0) is 18.6 Å². The fraction of sp³-hybridized carbons (Fsp3) is 0.250. The number of nitrogens with one attached hydrogen (secondary N) is 1. The minimum absolute atomic E-state index is 0.0264. The SMILES string of the molecule is C[C@H](O)CNC(=O)/C=C/c1cccc([N+](=O)[O-])c1. The summed E-state index contributed by atoms with van der Waals surface area (Å²) in [4.78, 5) is 21.3. The van der Waals surface area contributed by atoms with Crippen LogP contribution in [0, 0.1) is 10.1 Å². The predicted octanol–water partition coefficient (Wildman–Crippen LogP) is 1.11. The molecule has 1 amide bonds. The van der Waals surface area contributed by atoms with Crippen LogP contribution in [0.2, 0.25) is 0 Å². The molecule has 0 aromatic heterocycles. The van der Waals surface area contributed by atoms with Crippen LogP contribution in [0.4, 0.5) is 5.69 Å². The van der Waals surface area contributed by atoms with Crippen molar-refractivity contribution in [1.29, 1.82) is 0 Å². The van der Waals surface area contributed by atoms with E-state index in [4.69, 9.17) is 5.11 Å². The van der Waals surface area contributed by atoms with Crippen LogP contribution in [0.1, 0.15) is 12.5 Å². The molecule has 96 valence electrons. The van der Waals surface area contributed by atoms with E-state index in [9.17, 15) is 14.9 Å². The Labute approximate surface area is 104 Å². The van der Waals surface area contributed by atoms with Gasteiger partial charge in [-0.1, -0.05) is 12.1 Å². The number of benzene rings is 1. The van der Waals surface area contributed by atoms with Crippen LogP contribution in [0.3, 0.4) is 0 Å². The molecule has 1 rings (SSSR count). The standard InChI is InChI=1S/C12H14N2O4/c1-9(15)8-13-12(16)6-5-10-3-2-4-11(7-10)14(17)18/h2-7,9,15H,8H2,1H3,(H,13,16)/b6-5+/t9-/m0/s1. The third-order valence-corrected chi connectivity index (χ3v) is 2.08. The van der Waals surface area contributed by atoms with E-state index in [1.54, 1.807) is 19.1 Å². The Bertz CT molecular complexity index is 469. The van der Waals surface area contributed by atoms with Gasteiger partial charge in [-0.2, -0.15) is 0 Å². The van der Waals surface area contributed by atoms with Gasteiger partial charge in [0.15, 0.2) is 0 Å². The number of aliphatic hydroxyl groups excluding tert-OH is 1. The van der Waals surface area contributed by atoms with Crippen LogP contribution < -0.4 is 5.32 Å². The van der Waals surface area contributed by atoms with Gasteiger partial charge in [0.1, 0.15) is 0 Å². The zero-order chi connectivity index (χ0) is 13.5. The number of nitro benzene ring substituents is 1. The molecule has 0 unspecified atom stereocenters. The Hall–Kier alpha value is -2.21. The quantitative estimate of drug-likeness (QED) is 0.465. The van der Waals surface area contributed by atoms with Crippen molar-refractivity contribution in [2.75, 3.05) is 6.54 Å². The summed E-state index contributed by atoms with van der Waals surface area (Å²) in [6, 6.07) is 5.96. The Morgan fingerprint density at radius 1 is 1.61 bits per heavy atom. The first-order valence-electron chi connectivity index (χ1n) is 5.37. The number of aliphatic hydroxyl groups is 1. The van der Waals surface area contributed by atoms with Gasteiger partial charge >= 0.3 is 0 Å². The highest BCUT2D eigenvalue weighted by atomic mass is 16.6. The molecule has 6 nitrogen and oxygen atoms in total. The molecule has 0 aliphatic heterocycles. The minimum atomic E-state index is -0.611. The van der Waals surface area contributed by atoms with E-state index in [0.717, 1.165) is 0 Å². The lowest BCUT2D eigenvalue weighted by molar-refractivity contribution is -0.384. The number of nitrogens with zero attached hydrogens (tertiary/aromatic N) is 1. The molecule has 2 N–H and O–H groups in total. The number of amides is 1. The molecule has 0 spiro atoms. The first kappa shape index (κ1) is 13.9. The summed E-state index contributed by atoms with van der Waals surface area (Å²) in [7, 11) is 0. The zero-order valence-corrected chi connectivity index (χ0v) is 9.87. The number of non-ortho nitro benzene ring substituents is 1. The first-order chi connectivity index (χ1) is 8.49. The smallest absolute Gasteiger partial charge is 0.270 e. The van der Waals surface area contributed by atoms with Gasteiger partial charge in [-0.3, -0.25) is 14.9 Å². The Balaban J connectivity index is 2.64. The number of carbonyl (C=O) groups excluding carboxylic acids is 1. The minimum Gasteiger partial charge on any atom is -0.392 e. The predicted molar refractivity (Wildman–Crippen MR) is 66.8 cm³/mol. The van der Waals surface area contributed by atoms with Gasteiger partial charge in [0.05, 0.1) is 11.0 Å². The zero-order valence-electron chi connectivity index (χ0n) is 9.87. The van der Waals surface area contributed by atoms with Crippen LogP contribution in [0.25, 0.3) is 6.08 Å². The fourth-order valence-electron chi connectivity index (χ4n) is 1.22. The Morgan fingerprint density at radius 2 is 2.33 bits per heavy atom.